The third-order valence-electron chi connectivity index (χ3n) is 5.12. The summed E-state index contributed by atoms with van der Waals surface area (Å²) in [6, 6.07) is 4.96. The number of unbranched alkanes of at least 4 members (excludes halogenated alkanes) is 2. The van der Waals surface area contributed by atoms with Crippen LogP contribution in [0.4, 0.5) is 26.3 Å². The number of alkyl halides is 6. The van der Waals surface area contributed by atoms with Gasteiger partial charge in [-0.25, -0.2) is 0 Å². The molecule has 0 atom stereocenters. The quantitative estimate of drug-likeness (QED) is 0.265. The number of carboxylic acid groups (broad SMARTS) is 1. The number of nitrogens with one attached hydrogen (secondary N) is 1. The Labute approximate surface area is 185 Å². The minimum absolute atomic E-state index is 0.194. The molecule has 0 bridgehead atoms. The average molecular weight is 473 g/mol. The Morgan fingerprint density at radius 1 is 1.00 bits per heavy atom. The van der Waals surface area contributed by atoms with E-state index in [4.69, 9.17) is 9.84 Å². The molecule has 0 fully saturated rings. The summed E-state index contributed by atoms with van der Waals surface area (Å²) in [5.74, 6) is -3.16. The SMILES string of the molecule is CCCCCc1c[nH]c2ccc(Oc3c(C(F)(F)F)cc(CC(=O)O)cc3C(F)(F)F)cc12. The maximum absolute atomic E-state index is 13.7. The van der Waals surface area contributed by atoms with Crippen molar-refractivity contribution >= 4 is 16.9 Å². The average Bonchev–Trinajstić information content (AvgIpc) is 3.09. The van der Waals surface area contributed by atoms with Gasteiger partial charge in [0.2, 0.25) is 0 Å². The Bertz CT molecular complexity index is 1110. The molecule has 0 unspecified atom stereocenters. The number of aromatic nitrogens is 1. The highest BCUT2D eigenvalue weighted by Gasteiger charge is 2.43. The molecular weight excluding hydrogens is 452 g/mol. The van der Waals surface area contributed by atoms with E-state index in [2.05, 4.69) is 4.98 Å². The second-order valence-electron chi connectivity index (χ2n) is 7.67. The van der Waals surface area contributed by atoms with Crippen molar-refractivity contribution < 1.29 is 41.0 Å². The minimum Gasteiger partial charge on any atom is -0.481 e. The first-order valence-electron chi connectivity index (χ1n) is 10.2. The monoisotopic (exact) mass is 473 g/mol. The number of ether oxygens (including phenoxy) is 1. The zero-order chi connectivity index (χ0) is 24.4. The van der Waals surface area contributed by atoms with Gasteiger partial charge in [0.15, 0.2) is 5.75 Å². The Morgan fingerprint density at radius 2 is 1.64 bits per heavy atom. The van der Waals surface area contributed by atoms with Crippen LogP contribution in [-0.4, -0.2) is 16.1 Å². The Morgan fingerprint density at radius 3 is 2.18 bits per heavy atom. The summed E-state index contributed by atoms with van der Waals surface area (Å²) in [5, 5.41) is 9.49. The van der Waals surface area contributed by atoms with Crippen molar-refractivity contribution in [3.8, 4) is 11.5 Å². The molecule has 2 aromatic carbocycles. The van der Waals surface area contributed by atoms with Gasteiger partial charge in [-0.1, -0.05) is 19.8 Å². The number of halogens is 6. The molecule has 0 aliphatic carbocycles. The summed E-state index contributed by atoms with van der Waals surface area (Å²) in [6.45, 7) is 2.04. The van der Waals surface area contributed by atoms with Gasteiger partial charge in [-0.15, -0.1) is 0 Å². The summed E-state index contributed by atoms with van der Waals surface area (Å²) >= 11 is 0. The molecule has 0 saturated carbocycles. The van der Waals surface area contributed by atoms with Gasteiger partial charge in [-0.05, 0) is 54.3 Å². The highest BCUT2D eigenvalue weighted by Crippen LogP contribution is 2.47. The molecule has 1 aromatic heterocycles. The van der Waals surface area contributed by atoms with Gasteiger partial charge in [0.25, 0.3) is 0 Å². The number of aromatic amines is 1. The minimum atomic E-state index is -5.20. The standard InChI is InChI=1S/C23H21F6NO3/c1-2-3-4-5-14-12-30-19-7-6-15(11-16(14)19)33-21-17(22(24,25)26)8-13(10-20(31)32)9-18(21)23(27,28)29/h6-9,11-12,30H,2-5,10H2,1H3,(H,31,32). The lowest BCUT2D eigenvalue weighted by atomic mass is 10.0. The van der Waals surface area contributed by atoms with E-state index in [0.717, 1.165) is 24.8 Å². The smallest absolute Gasteiger partial charge is 0.420 e. The number of fused-ring (bicyclic) bond motifs is 1. The van der Waals surface area contributed by atoms with Gasteiger partial charge in [0.1, 0.15) is 5.75 Å². The van der Waals surface area contributed by atoms with E-state index in [1.165, 1.54) is 18.2 Å². The topological polar surface area (TPSA) is 62.3 Å². The Hall–Kier alpha value is -3.17. The van der Waals surface area contributed by atoms with E-state index < -0.39 is 47.2 Å². The van der Waals surface area contributed by atoms with E-state index >= 15 is 0 Å². The molecule has 0 aliphatic rings. The molecule has 0 amide bonds. The molecule has 0 aliphatic heterocycles. The van der Waals surface area contributed by atoms with E-state index in [9.17, 15) is 31.1 Å². The fourth-order valence-corrected chi connectivity index (χ4v) is 3.61. The third-order valence-corrected chi connectivity index (χ3v) is 5.12. The van der Waals surface area contributed by atoms with Crippen molar-refractivity contribution in [2.75, 3.05) is 0 Å². The fourth-order valence-electron chi connectivity index (χ4n) is 3.61. The molecule has 2 N–H and O–H groups in total. The van der Waals surface area contributed by atoms with Gasteiger partial charge >= 0.3 is 18.3 Å². The van der Waals surface area contributed by atoms with Gasteiger partial charge in [-0.2, -0.15) is 26.3 Å². The molecule has 33 heavy (non-hydrogen) atoms. The lowest BCUT2D eigenvalue weighted by Crippen LogP contribution is -2.16. The maximum atomic E-state index is 13.7. The first-order chi connectivity index (χ1) is 15.4. The molecule has 3 rings (SSSR count). The van der Waals surface area contributed by atoms with Crippen molar-refractivity contribution in [1.29, 1.82) is 0 Å². The van der Waals surface area contributed by atoms with Crippen LogP contribution in [0.25, 0.3) is 10.9 Å². The lowest BCUT2D eigenvalue weighted by molar-refractivity contribution is -0.145. The van der Waals surface area contributed by atoms with Gasteiger partial charge in [0.05, 0.1) is 17.5 Å². The van der Waals surface area contributed by atoms with Crippen LogP contribution in [0.15, 0.2) is 36.5 Å². The van der Waals surface area contributed by atoms with E-state index in [0.29, 0.717) is 29.5 Å². The summed E-state index contributed by atoms with van der Waals surface area (Å²) in [4.78, 5) is 13.9. The van der Waals surface area contributed by atoms with Crippen LogP contribution >= 0.6 is 0 Å². The largest absolute Gasteiger partial charge is 0.481 e. The zero-order valence-electron chi connectivity index (χ0n) is 17.5. The van der Waals surface area contributed by atoms with Crippen LogP contribution in [0.1, 0.15) is 48.4 Å². The predicted molar refractivity (Wildman–Crippen MR) is 109 cm³/mol. The molecule has 4 nitrogen and oxygen atoms in total. The number of carboxylic acids is 1. The van der Waals surface area contributed by atoms with Gasteiger partial charge in [-0.3, -0.25) is 4.79 Å². The number of H-pyrrole nitrogens is 1. The molecule has 0 spiro atoms. The number of aryl methyl sites for hydroxylation is 1. The predicted octanol–water partition coefficient (Wildman–Crippen LogP) is 7.36. The first kappa shape index (κ1) is 24.5. The first-order valence-corrected chi connectivity index (χ1v) is 10.2. The number of hydrogen-bond acceptors (Lipinski definition) is 2. The molecule has 178 valence electrons. The molecule has 0 radical (unpaired) electrons. The van der Waals surface area contributed by atoms with Crippen LogP contribution in [0.2, 0.25) is 0 Å². The molecule has 10 heteroatoms. The second-order valence-corrected chi connectivity index (χ2v) is 7.67. The summed E-state index contributed by atoms with van der Waals surface area (Å²) in [5.41, 5.74) is -2.45. The lowest BCUT2D eigenvalue weighted by Gasteiger charge is -2.20. The maximum Gasteiger partial charge on any atom is 0.420 e. The second kappa shape index (κ2) is 9.36. The van der Waals surface area contributed by atoms with Crippen molar-refractivity contribution in [1.82, 2.24) is 4.98 Å². The molecule has 3 aromatic rings. The van der Waals surface area contributed by atoms with Crippen molar-refractivity contribution in [3.63, 3.8) is 0 Å². The highest BCUT2D eigenvalue weighted by molar-refractivity contribution is 5.84. The number of rotatable bonds is 8. The summed E-state index contributed by atoms with van der Waals surface area (Å²) in [7, 11) is 0. The third kappa shape index (κ3) is 5.80. The van der Waals surface area contributed by atoms with Crippen molar-refractivity contribution in [2.45, 2.75) is 51.4 Å². The van der Waals surface area contributed by atoms with Gasteiger partial charge in [0, 0.05) is 17.1 Å². The van der Waals surface area contributed by atoms with E-state index in [-0.39, 0.29) is 5.75 Å². The summed E-state index contributed by atoms with van der Waals surface area (Å²) in [6.07, 6.45) is -6.08. The molecular formula is C23H21F6NO3. The van der Waals surface area contributed by atoms with Crippen LogP contribution in [0.5, 0.6) is 11.5 Å². The fraction of sp³-hybridized carbons (Fsp3) is 0.348. The van der Waals surface area contributed by atoms with Crippen molar-refractivity contribution in [3.05, 3.63) is 58.8 Å². The molecule has 0 saturated heterocycles. The van der Waals surface area contributed by atoms with Gasteiger partial charge < -0.3 is 14.8 Å². The van der Waals surface area contributed by atoms with Crippen molar-refractivity contribution in [2.24, 2.45) is 0 Å². The number of benzene rings is 2. The van der Waals surface area contributed by atoms with E-state index in [1.54, 1.807) is 6.20 Å². The highest BCUT2D eigenvalue weighted by atomic mass is 19.4. The normalized spacial score (nSPS) is 12.3. The zero-order valence-corrected chi connectivity index (χ0v) is 17.5. The number of carbonyl (C=O) groups is 1. The summed E-state index contributed by atoms with van der Waals surface area (Å²) < 4.78 is 87.3. The number of aliphatic carboxylic acids is 1. The Kier molecular flexibility index (Phi) is 6.94. The van der Waals surface area contributed by atoms with Crippen LogP contribution < -0.4 is 4.74 Å². The molecule has 1 heterocycles. The Balaban J connectivity index is 2.10. The van der Waals surface area contributed by atoms with Crippen LogP contribution in [-0.2, 0) is 30.0 Å². The van der Waals surface area contributed by atoms with Crippen LogP contribution in [0.3, 0.4) is 0 Å². The van der Waals surface area contributed by atoms with E-state index in [1.807, 2.05) is 6.92 Å². The van der Waals surface area contributed by atoms with Crippen LogP contribution in [0, 0.1) is 0 Å². The number of hydrogen-bond donors (Lipinski definition) is 2.